The molecule has 0 saturated heterocycles. The predicted octanol–water partition coefficient (Wildman–Crippen LogP) is 1.26. The molecule has 1 aromatic carbocycles. The van der Waals surface area contributed by atoms with Gasteiger partial charge in [0, 0.05) is 24.6 Å². The summed E-state index contributed by atoms with van der Waals surface area (Å²) in [6.07, 6.45) is 1.50. The number of hydrogen-bond donors (Lipinski definition) is 2. The number of aliphatic hydroxyl groups excluding tert-OH is 1. The van der Waals surface area contributed by atoms with Crippen LogP contribution in [0.1, 0.15) is 24.0 Å². The number of aryl methyl sites for hydroxylation is 2. The van der Waals surface area contributed by atoms with Crippen LogP contribution in [0.2, 0.25) is 0 Å². The topological polar surface area (TPSA) is 110 Å². The van der Waals surface area contributed by atoms with Crippen molar-refractivity contribution in [3.63, 3.8) is 0 Å². The highest BCUT2D eigenvalue weighted by atomic mass is 32.2. The molecule has 7 nitrogen and oxygen atoms in total. The maximum Gasteiger partial charge on any atom is 0.289 e. The minimum atomic E-state index is -3.98. The Labute approximate surface area is 123 Å². The molecule has 0 amide bonds. The van der Waals surface area contributed by atoms with Gasteiger partial charge in [0.1, 0.15) is 0 Å². The van der Waals surface area contributed by atoms with E-state index in [-0.39, 0.29) is 18.0 Å². The summed E-state index contributed by atoms with van der Waals surface area (Å²) in [4.78, 5) is 10.1. The third kappa shape index (κ3) is 3.22. The standard InChI is InChI=1S/C13H18N2O5S/c1-9-5-11(15(17)18)12(6-10(9)2)21(19,20)14-7-13(8-16)3-4-13/h5-6,14,16H,3-4,7-8H2,1-2H3. The van der Waals surface area contributed by atoms with Crippen LogP contribution in [0.15, 0.2) is 17.0 Å². The van der Waals surface area contributed by atoms with Crippen molar-refractivity contribution in [1.82, 2.24) is 4.72 Å². The Balaban J connectivity index is 2.35. The lowest BCUT2D eigenvalue weighted by molar-refractivity contribution is -0.387. The molecule has 1 aliphatic carbocycles. The molecule has 1 saturated carbocycles. The zero-order valence-corrected chi connectivity index (χ0v) is 12.7. The number of hydrogen-bond acceptors (Lipinski definition) is 5. The van der Waals surface area contributed by atoms with Crippen LogP contribution in [0, 0.1) is 29.4 Å². The van der Waals surface area contributed by atoms with Crippen LogP contribution in [0.25, 0.3) is 0 Å². The van der Waals surface area contributed by atoms with Gasteiger partial charge in [0.05, 0.1) is 4.92 Å². The minimum Gasteiger partial charge on any atom is -0.396 e. The van der Waals surface area contributed by atoms with Crippen LogP contribution < -0.4 is 4.72 Å². The number of rotatable bonds is 6. The van der Waals surface area contributed by atoms with Crippen LogP contribution in [0.5, 0.6) is 0 Å². The van der Waals surface area contributed by atoms with Crippen molar-refractivity contribution < 1.29 is 18.4 Å². The van der Waals surface area contributed by atoms with Crippen LogP contribution in [-0.4, -0.2) is 31.6 Å². The van der Waals surface area contributed by atoms with Gasteiger partial charge in [-0.3, -0.25) is 10.1 Å². The van der Waals surface area contributed by atoms with E-state index in [1.807, 2.05) is 0 Å². The van der Waals surface area contributed by atoms with E-state index in [4.69, 9.17) is 0 Å². The molecule has 2 N–H and O–H groups in total. The molecule has 0 aliphatic heterocycles. The smallest absolute Gasteiger partial charge is 0.289 e. The zero-order chi connectivity index (χ0) is 15.8. The molecule has 0 radical (unpaired) electrons. The molecular weight excluding hydrogens is 296 g/mol. The normalized spacial score (nSPS) is 16.7. The number of nitrogens with one attached hydrogen (secondary N) is 1. The van der Waals surface area contributed by atoms with E-state index in [0.717, 1.165) is 12.8 Å². The number of nitro groups is 1. The number of sulfonamides is 1. The first-order valence-electron chi connectivity index (χ1n) is 6.57. The fraction of sp³-hybridized carbons (Fsp3) is 0.538. The van der Waals surface area contributed by atoms with Crippen LogP contribution in [0.4, 0.5) is 5.69 Å². The SMILES string of the molecule is Cc1cc([N+](=O)[O-])c(S(=O)(=O)NCC2(CO)CC2)cc1C. The first kappa shape index (κ1) is 15.9. The summed E-state index contributed by atoms with van der Waals surface area (Å²) in [5.41, 5.74) is 0.500. The van der Waals surface area contributed by atoms with Crippen molar-refractivity contribution in [3.05, 3.63) is 33.4 Å². The van der Waals surface area contributed by atoms with Gasteiger partial charge in [-0.2, -0.15) is 0 Å². The Morgan fingerprint density at radius 2 is 1.90 bits per heavy atom. The van der Waals surface area contributed by atoms with Gasteiger partial charge in [0.25, 0.3) is 5.69 Å². The third-order valence-corrected chi connectivity index (χ3v) is 5.42. The second kappa shape index (κ2) is 5.36. The average molecular weight is 314 g/mol. The van der Waals surface area contributed by atoms with Gasteiger partial charge in [0.2, 0.25) is 10.0 Å². The number of benzene rings is 1. The highest BCUT2D eigenvalue weighted by Gasteiger charge is 2.43. The molecule has 1 aliphatic rings. The first-order valence-corrected chi connectivity index (χ1v) is 8.05. The zero-order valence-electron chi connectivity index (χ0n) is 11.9. The molecule has 8 heteroatoms. The monoisotopic (exact) mass is 314 g/mol. The summed E-state index contributed by atoms with van der Waals surface area (Å²) in [6, 6.07) is 2.58. The molecule has 116 valence electrons. The van der Waals surface area contributed by atoms with Gasteiger partial charge in [-0.25, -0.2) is 13.1 Å². The molecule has 1 fully saturated rings. The third-order valence-electron chi connectivity index (χ3n) is 3.99. The molecule has 2 rings (SSSR count). The summed E-state index contributed by atoms with van der Waals surface area (Å²) in [5.74, 6) is 0. The fourth-order valence-corrected chi connectivity index (χ4v) is 3.42. The Morgan fingerprint density at radius 3 is 2.38 bits per heavy atom. The van der Waals surface area contributed by atoms with Gasteiger partial charge >= 0.3 is 0 Å². The quantitative estimate of drug-likeness (QED) is 0.607. The maximum absolute atomic E-state index is 12.3. The minimum absolute atomic E-state index is 0.0927. The lowest BCUT2D eigenvalue weighted by Crippen LogP contribution is -2.32. The molecule has 1 aromatic rings. The van der Waals surface area contributed by atoms with Gasteiger partial charge < -0.3 is 5.11 Å². The Hall–Kier alpha value is -1.51. The summed E-state index contributed by atoms with van der Waals surface area (Å²) in [7, 11) is -3.98. The highest BCUT2D eigenvalue weighted by molar-refractivity contribution is 7.89. The van der Waals surface area contributed by atoms with Crippen molar-refractivity contribution in [3.8, 4) is 0 Å². The van der Waals surface area contributed by atoms with Gasteiger partial charge in [-0.1, -0.05) is 0 Å². The lowest BCUT2D eigenvalue weighted by atomic mass is 10.1. The molecule has 0 atom stereocenters. The van der Waals surface area contributed by atoms with Crippen molar-refractivity contribution in [2.24, 2.45) is 5.41 Å². The molecule has 0 unspecified atom stereocenters. The average Bonchev–Trinajstić information content (AvgIpc) is 3.19. The molecule has 0 bridgehead atoms. The lowest BCUT2D eigenvalue weighted by Gasteiger charge is -2.14. The fourth-order valence-electron chi connectivity index (χ4n) is 2.03. The number of aliphatic hydroxyl groups is 1. The van der Waals surface area contributed by atoms with Crippen molar-refractivity contribution in [2.75, 3.05) is 13.2 Å². The molecule has 21 heavy (non-hydrogen) atoms. The van der Waals surface area contributed by atoms with E-state index in [0.29, 0.717) is 11.1 Å². The molecular formula is C13H18N2O5S. The van der Waals surface area contributed by atoms with Crippen LogP contribution in [0.3, 0.4) is 0 Å². The summed E-state index contributed by atoms with van der Waals surface area (Å²) in [5, 5.41) is 20.3. The Morgan fingerprint density at radius 1 is 1.33 bits per heavy atom. The van der Waals surface area contributed by atoms with E-state index in [1.165, 1.54) is 12.1 Å². The van der Waals surface area contributed by atoms with Crippen LogP contribution >= 0.6 is 0 Å². The van der Waals surface area contributed by atoms with E-state index in [1.54, 1.807) is 13.8 Å². The van der Waals surface area contributed by atoms with Gasteiger partial charge in [-0.05, 0) is 43.9 Å². The summed E-state index contributed by atoms with van der Waals surface area (Å²) in [6.45, 7) is 3.39. The van der Waals surface area contributed by atoms with Crippen LogP contribution in [-0.2, 0) is 10.0 Å². The second-order valence-corrected chi connectivity index (χ2v) is 7.38. The first-order chi connectivity index (χ1) is 9.71. The number of nitro benzene ring substituents is 1. The van der Waals surface area contributed by atoms with Gasteiger partial charge in [0.15, 0.2) is 4.90 Å². The highest BCUT2D eigenvalue weighted by Crippen LogP contribution is 2.44. The Kier molecular flexibility index (Phi) is 4.05. The largest absolute Gasteiger partial charge is 0.396 e. The van der Waals surface area contributed by atoms with E-state index >= 15 is 0 Å². The predicted molar refractivity (Wildman–Crippen MR) is 76.5 cm³/mol. The summed E-state index contributed by atoms with van der Waals surface area (Å²) >= 11 is 0. The summed E-state index contributed by atoms with van der Waals surface area (Å²) < 4.78 is 27.0. The Bertz CT molecular complexity index is 680. The number of nitrogens with zero attached hydrogens (tertiary/aromatic N) is 1. The van der Waals surface area contributed by atoms with E-state index < -0.39 is 26.0 Å². The molecule has 0 heterocycles. The van der Waals surface area contributed by atoms with E-state index in [2.05, 4.69) is 4.72 Å². The maximum atomic E-state index is 12.3. The van der Waals surface area contributed by atoms with Crippen molar-refractivity contribution >= 4 is 15.7 Å². The molecule has 0 spiro atoms. The van der Waals surface area contributed by atoms with Crippen molar-refractivity contribution in [1.29, 1.82) is 0 Å². The second-order valence-electron chi connectivity index (χ2n) is 5.64. The molecule has 0 aromatic heterocycles. The van der Waals surface area contributed by atoms with Crippen molar-refractivity contribution in [2.45, 2.75) is 31.6 Å². The van der Waals surface area contributed by atoms with Gasteiger partial charge in [-0.15, -0.1) is 0 Å². The van der Waals surface area contributed by atoms with E-state index in [9.17, 15) is 23.6 Å².